The van der Waals surface area contributed by atoms with Crippen molar-refractivity contribution in [2.45, 2.75) is 51.6 Å². The number of carboxylic acid groups (broad SMARTS) is 1. The van der Waals surface area contributed by atoms with E-state index in [1.54, 1.807) is 18.4 Å². The highest BCUT2D eigenvalue weighted by molar-refractivity contribution is 7.21. The predicted octanol–water partition coefficient (Wildman–Crippen LogP) is 6.88. The van der Waals surface area contributed by atoms with Gasteiger partial charge in [0.05, 0.1) is 43.6 Å². The molecule has 45 heavy (non-hydrogen) atoms. The molecule has 2 saturated heterocycles. The fourth-order valence-electron chi connectivity index (χ4n) is 6.58. The minimum atomic E-state index is -0.738. The molecular weight excluding hydrogens is 586 g/mol. The summed E-state index contributed by atoms with van der Waals surface area (Å²) in [4.78, 5) is 21.3. The van der Waals surface area contributed by atoms with Gasteiger partial charge < -0.3 is 19.3 Å². The molecule has 1 aromatic heterocycles. The number of ether oxygens (including phenoxy) is 3. The minimum absolute atomic E-state index is 0.0538. The molecule has 2 aliphatic heterocycles. The van der Waals surface area contributed by atoms with Crippen molar-refractivity contribution in [2.75, 3.05) is 53.1 Å². The number of morpholine rings is 1. The van der Waals surface area contributed by atoms with Gasteiger partial charge in [-0.1, -0.05) is 36.8 Å². The Bertz CT molecular complexity index is 1620. The molecular formula is C36H43N3O5S. The number of thiazole rings is 1. The highest BCUT2D eigenvalue weighted by Crippen LogP contribution is 2.39. The number of piperidine rings is 1. The molecule has 0 radical (unpaired) electrons. The van der Waals surface area contributed by atoms with E-state index in [-0.39, 0.29) is 12.5 Å². The van der Waals surface area contributed by atoms with Gasteiger partial charge in [0.1, 0.15) is 16.5 Å². The molecule has 1 N–H and O–H groups in total. The van der Waals surface area contributed by atoms with E-state index in [1.165, 1.54) is 11.1 Å². The van der Waals surface area contributed by atoms with E-state index in [4.69, 9.17) is 19.2 Å². The van der Waals surface area contributed by atoms with Crippen molar-refractivity contribution in [2.24, 2.45) is 0 Å². The number of methoxy groups -OCH3 is 1. The Balaban J connectivity index is 1.19. The van der Waals surface area contributed by atoms with Gasteiger partial charge in [-0.2, -0.15) is 0 Å². The van der Waals surface area contributed by atoms with Crippen LogP contribution >= 0.6 is 11.3 Å². The Morgan fingerprint density at radius 1 is 1.07 bits per heavy atom. The molecule has 1 atom stereocenters. The van der Waals surface area contributed by atoms with Crippen LogP contribution in [0.2, 0.25) is 0 Å². The highest BCUT2D eigenvalue weighted by Gasteiger charge is 2.26. The summed E-state index contributed by atoms with van der Waals surface area (Å²) in [5.74, 6) is 0.946. The second-order valence-corrected chi connectivity index (χ2v) is 13.1. The van der Waals surface area contributed by atoms with Crippen molar-refractivity contribution < 1.29 is 24.1 Å². The first-order chi connectivity index (χ1) is 22.0. The van der Waals surface area contributed by atoms with Crippen molar-refractivity contribution in [1.82, 2.24) is 14.8 Å². The fraction of sp³-hybridized carbons (Fsp3) is 0.444. The third-order valence-electron chi connectivity index (χ3n) is 9.02. The zero-order chi connectivity index (χ0) is 31.2. The molecule has 6 rings (SSSR count). The van der Waals surface area contributed by atoms with Crippen molar-refractivity contribution >= 4 is 27.5 Å². The zero-order valence-corrected chi connectivity index (χ0v) is 27.1. The van der Waals surface area contributed by atoms with Crippen LogP contribution in [0.4, 0.5) is 0 Å². The van der Waals surface area contributed by atoms with Crippen LogP contribution in [0.15, 0.2) is 54.6 Å². The summed E-state index contributed by atoms with van der Waals surface area (Å²) in [6.45, 7) is 9.11. The van der Waals surface area contributed by atoms with Gasteiger partial charge in [-0.05, 0) is 67.6 Å². The maximum atomic E-state index is 11.5. The number of hydrogen-bond acceptors (Lipinski definition) is 8. The maximum absolute atomic E-state index is 11.5. The number of likely N-dealkylation sites (tertiary alicyclic amines) is 1. The van der Waals surface area contributed by atoms with Crippen LogP contribution in [0.5, 0.6) is 11.5 Å². The van der Waals surface area contributed by atoms with Gasteiger partial charge in [-0.15, -0.1) is 11.3 Å². The lowest BCUT2D eigenvalue weighted by atomic mass is 9.96. The van der Waals surface area contributed by atoms with Crippen LogP contribution in [0.3, 0.4) is 0 Å². The Morgan fingerprint density at radius 3 is 2.71 bits per heavy atom. The van der Waals surface area contributed by atoms with Gasteiger partial charge >= 0.3 is 5.97 Å². The number of benzene rings is 3. The molecule has 0 aliphatic carbocycles. The minimum Gasteiger partial charge on any atom is -0.496 e. The summed E-state index contributed by atoms with van der Waals surface area (Å²) in [5, 5.41) is 10.4. The third kappa shape index (κ3) is 7.66. The summed E-state index contributed by atoms with van der Waals surface area (Å²) in [7, 11) is 1.69. The van der Waals surface area contributed by atoms with Crippen LogP contribution < -0.4 is 9.47 Å². The molecule has 3 heterocycles. The molecule has 0 saturated carbocycles. The quantitative estimate of drug-likeness (QED) is 0.170. The fourth-order valence-corrected chi connectivity index (χ4v) is 7.68. The Morgan fingerprint density at radius 2 is 1.89 bits per heavy atom. The topological polar surface area (TPSA) is 84.4 Å². The first-order valence-corrected chi connectivity index (χ1v) is 16.9. The Kier molecular flexibility index (Phi) is 10.3. The largest absolute Gasteiger partial charge is 0.496 e. The van der Waals surface area contributed by atoms with Crippen LogP contribution in [0, 0.1) is 6.92 Å². The SMILES string of the molecule is COc1cc2nc(-c3cccc(-c4cccc(OCCCN5CCOCC5)c4)c3C)sc2cc1CN1CCCCC1CC(=O)O. The van der Waals surface area contributed by atoms with E-state index in [0.29, 0.717) is 13.2 Å². The normalized spacial score (nSPS) is 17.9. The summed E-state index contributed by atoms with van der Waals surface area (Å²) in [5.41, 5.74) is 6.57. The van der Waals surface area contributed by atoms with Crippen molar-refractivity contribution in [3.63, 3.8) is 0 Å². The lowest BCUT2D eigenvalue weighted by Gasteiger charge is -2.35. The third-order valence-corrected chi connectivity index (χ3v) is 10.1. The number of aliphatic carboxylic acids is 1. The van der Waals surface area contributed by atoms with Gasteiger partial charge in [0.15, 0.2) is 0 Å². The van der Waals surface area contributed by atoms with Gasteiger partial charge in [-0.25, -0.2) is 4.98 Å². The van der Waals surface area contributed by atoms with Crippen molar-refractivity contribution in [3.05, 3.63) is 65.7 Å². The zero-order valence-electron chi connectivity index (χ0n) is 26.3. The summed E-state index contributed by atoms with van der Waals surface area (Å²) < 4.78 is 18.5. The smallest absolute Gasteiger partial charge is 0.304 e. The molecule has 238 valence electrons. The molecule has 9 heteroatoms. The number of rotatable bonds is 12. The summed E-state index contributed by atoms with van der Waals surface area (Å²) >= 11 is 1.69. The monoisotopic (exact) mass is 629 g/mol. The van der Waals surface area contributed by atoms with E-state index in [2.05, 4.69) is 59.2 Å². The van der Waals surface area contributed by atoms with Crippen LogP contribution in [0.25, 0.3) is 31.9 Å². The van der Waals surface area contributed by atoms with Crippen LogP contribution in [0.1, 0.15) is 43.2 Å². The number of fused-ring (bicyclic) bond motifs is 1. The van der Waals surface area contributed by atoms with E-state index >= 15 is 0 Å². The van der Waals surface area contributed by atoms with Gasteiger partial charge in [0, 0.05) is 49.4 Å². The lowest BCUT2D eigenvalue weighted by molar-refractivity contribution is -0.138. The lowest BCUT2D eigenvalue weighted by Crippen LogP contribution is -2.40. The maximum Gasteiger partial charge on any atom is 0.304 e. The molecule has 0 bridgehead atoms. The standard InChI is InChI=1S/C36H43N3O5S/c1-25-30(26-8-5-10-29(20-26)44-17-7-13-38-15-18-43-19-16-38)11-6-12-31(25)36-37-32-23-33(42-2)27(21-34(32)45-36)24-39-14-4-3-9-28(39)22-35(40)41/h5-6,8,10-12,20-21,23,28H,3-4,7,9,13-19,22,24H2,1-2H3,(H,40,41). The molecule has 4 aromatic rings. The van der Waals surface area contributed by atoms with Crippen molar-refractivity contribution in [3.8, 4) is 33.2 Å². The second kappa shape index (κ2) is 14.7. The van der Waals surface area contributed by atoms with E-state index in [9.17, 15) is 9.90 Å². The number of aromatic nitrogens is 1. The van der Waals surface area contributed by atoms with Crippen LogP contribution in [-0.2, 0) is 16.1 Å². The molecule has 0 spiro atoms. The molecule has 3 aromatic carbocycles. The Labute approximate surface area is 269 Å². The van der Waals surface area contributed by atoms with Gasteiger partial charge in [0.25, 0.3) is 0 Å². The number of hydrogen-bond donors (Lipinski definition) is 1. The van der Waals surface area contributed by atoms with Gasteiger partial charge in [0.2, 0.25) is 0 Å². The molecule has 8 nitrogen and oxygen atoms in total. The van der Waals surface area contributed by atoms with E-state index in [0.717, 1.165) is 108 Å². The van der Waals surface area contributed by atoms with Gasteiger partial charge in [-0.3, -0.25) is 14.6 Å². The molecule has 1 unspecified atom stereocenters. The summed E-state index contributed by atoms with van der Waals surface area (Å²) in [6, 6.07) is 19.0. The average molecular weight is 630 g/mol. The summed E-state index contributed by atoms with van der Waals surface area (Å²) in [6.07, 6.45) is 4.25. The van der Waals surface area contributed by atoms with Crippen molar-refractivity contribution in [1.29, 1.82) is 0 Å². The average Bonchev–Trinajstić information content (AvgIpc) is 3.47. The van der Waals surface area contributed by atoms with E-state index < -0.39 is 5.97 Å². The number of carbonyl (C=O) groups is 1. The predicted molar refractivity (Wildman–Crippen MR) is 179 cm³/mol. The number of carboxylic acids is 1. The number of nitrogens with zero attached hydrogens (tertiary/aromatic N) is 3. The Hall–Kier alpha value is -3.50. The second-order valence-electron chi connectivity index (χ2n) is 12.0. The first kappa shape index (κ1) is 31.5. The molecule has 2 fully saturated rings. The van der Waals surface area contributed by atoms with Crippen LogP contribution in [-0.4, -0.2) is 85.0 Å². The highest BCUT2D eigenvalue weighted by atomic mass is 32.1. The molecule has 0 amide bonds. The van der Waals surface area contributed by atoms with E-state index in [1.807, 2.05) is 12.1 Å². The first-order valence-electron chi connectivity index (χ1n) is 16.0. The molecule has 2 aliphatic rings.